The van der Waals surface area contributed by atoms with Gasteiger partial charge in [-0.15, -0.1) is 0 Å². The third kappa shape index (κ3) is 3.84. The number of nitrogens with one attached hydrogen (secondary N) is 1. The summed E-state index contributed by atoms with van der Waals surface area (Å²) >= 11 is 3.50. The van der Waals surface area contributed by atoms with Gasteiger partial charge in [0.05, 0.1) is 0 Å². The highest BCUT2D eigenvalue weighted by Gasteiger charge is 2.24. The number of halogens is 1. The fourth-order valence-corrected chi connectivity index (χ4v) is 2.94. The lowest BCUT2D eigenvalue weighted by Crippen LogP contribution is -2.40. The number of carbonyl (C=O) groups excluding carboxylic acids is 1. The molecule has 1 atom stereocenters. The van der Waals surface area contributed by atoms with Crippen molar-refractivity contribution in [2.75, 3.05) is 5.33 Å². The second-order valence-electron chi connectivity index (χ2n) is 5.03. The lowest BCUT2D eigenvalue weighted by molar-refractivity contribution is -0.125. The average molecular weight is 310 g/mol. The van der Waals surface area contributed by atoms with Gasteiger partial charge in [-0.3, -0.25) is 4.79 Å². The largest absolute Gasteiger partial charge is 0.352 e. The highest BCUT2D eigenvalue weighted by atomic mass is 79.9. The van der Waals surface area contributed by atoms with E-state index in [-0.39, 0.29) is 17.9 Å². The minimum absolute atomic E-state index is 0.195. The van der Waals surface area contributed by atoms with Crippen molar-refractivity contribution in [1.82, 2.24) is 5.32 Å². The minimum atomic E-state index is 0.195. The van der Waals surface area contributed by atoms with Gasteiger partial charge in [0.15, 0.2) is 0 Å². The van der Waals surface area contributed by atoms with E-state index in [4.69, 9.17) is 0 Å². The Balaban J connectivity index is 1.87. The molecule has 0 spiro atoms. The Morgan fingerprint density at radius 3 is 2.56 bits per heavy atom. The molecule has 1 aromatic rings. The molecule has 0 radical (unpaired) electrons. The number of rotatable bonds is 5. The van der Waals surface area contributed by atoms with Crippen molar-refractivity contribution in [3.05, 3.63) is 35.9 Å². The first-order valence-electron chi connectivity index (χ1n) is 6.70. The molecule has 0 aliphatic heterocycles. The molecule has 1 aromatic carbocycles. The molecule has 1 aliphatic carbocycles. The van der Waals surface area contributed by atoms with E-state index in [1.165, 1.54) is 18.4 Å². The van der Waals surface area contributed by atoms with E-state index in [0.29, 0.717) is 0 Å². The van der Waals surface area contributed by atoms with E-state index < -0.39 is 0 Å². The molecular weight excluding hydrogens is 290 g/mol. The Kier molecular flexibility index (Phi) is 5.24. The van der Waals surface area contributed by atoms with E-state index in [1.807, 2.05) is 18.2 Å². The van der Waals surface area contributed by atoms with Crippen molar-refractivity contribution in [3.63, 3.8) is 0 Å². The topological polar surface area (TPSA) is 29.1 Å². The van der Waals surface area contributed by atoms with Gasteiger partial charge in [0.25, 0.3) is 0 Å². The number of alkyl halides is 1. The van der Waals surface area contributed by atoms with E-state index in [2.05, 4.69) is 33.4 Å². The lowest BCUT2D eigenvalue weighted by Gasteiger charge is -2.19. The van der Waals surface area contributed by atoms with E-state index in [9.17, 15) is 4.79 Å². The van der Waals surface area contributed by atoms with Crippen LogP contribution < -0.4 is 5.32 Å². The summed E-state index contributed by atoms with van der Waals surface area (Å²) in [7, 11) is 0. The van der Waals surface area contributed by atoms with Crippen molar-refractivity contribution in [2.45, 2.75) is 38.1 Å². The molecule has 1 fully saturated rings. The number of carbonyl (C=O) groups is 1. The molecule has 98 valence electrons. The molecule has 18 heavy (non-hydrogen) atoms. The van der Waals surface area contributed by atoms with Crippen LogP contribution in [0.15, 0.2) is 30.3 Å². The zero-order valence-electron chi connectivity index (χ0n) is 10.6. The van der Waals surface area contributed by atoms with Gasteiger partial charge in [-0.05, 0) is 24.8 Å². The fraction of sp³-hybridized carbons (Fsp3) is 0.533. The average Bonchev–Trinajstić information content (AvgIpc) is 2.93. The van der Waals surface area contributed by atoms with Crippen LogP contribution in [-0.4, -0.2) is 17.3 Å². The Bertz CT molecular complexity index is 373. The van der Waals surface area contributed by atoms with Crippen LogP contribution >= 0.6 is 15.9 Å². The third-order valence-electron chi connectivity index (χ3n) is 3.58. The summed E-state index contributed by atoms with van der Waals surface area (Å²) in [6.45, 7) is 0. The van der Waals surface area contributed by atoms with Gasteiger partial charge in [-0.2, -0.15) is 0 Å². The molecule has 1 amide bonds. The van der Waals surface area contributed by atoms with Gasteiger partial charge in [0, 0.05) is 17.3 Å². The van der Waals surface area contributed by atoms with Crippen LogP contribution in [0.25, 0.3) is 0 Å². The molecular formula is C15H20BrNO. The van der Waals surface area contributed by atoms with Crippen molar-refractivity contribution in [2.24, 2.45) is 5.92 Å². The van der Waals surface area contributed by atoms with E-state index >= 15 is 0 Å². The summed E-state index contributed by atoms with van der Waals surface area (Å²) in [4.78, 5) is 12.1. The monoisotopic (exact) mass is 309 g/mol. The normalized spacial score (nSPS) is 17.6. The van der Waals surface area contributed by atoms with Crippen molar-refractivity contribution in [1.29, 1.82) is 0 Å². The summed E-state index contributed by atoms with van der Waals surface area (Å²) in [6, 6.07) is 10.5. The first-order valence-corrected chi connectivity index (χ1v) is 7.82. The predicted molar refractivity (Wildman–Crippen MR) is 77.8 cm³/mol. The summed E-state index contributed by atoms with van der Waals surface area (Å²) in [5.74, 6) is 0.496. The molecule has 0 heterocycles. The van der Waals surface area contributed by atoms with Gasteiger partial charge >= 0.3 is 0 Å². The third-order valence-corrected chi connectivity index (χ3v) is 4.37. The predicted octanol–water partition coefficient (Wildman–Crippen LogP) is 3.30. The summed E-state index contributed by atoms with van der Waals surface area (Å²) in [6.07, 6.45) is 5.43. The molecule has 0 aromatic heterocycles. The van der Waals surface area contributed by atoms with Crippen LogP contribution in [0.1, 0.15) is 31.2 Å². The standard InChI is InChI=1S/C15H20BrNO/c16-11-14(10-12-6-2-1-3-7-12)17-15(18)13-8-4-5-9-13/h1-3,6-7,13-14H,4-5,8-11H2,(H,17,18). The van der Waals surface area contributed by atoms with Crippen LogP contribution in [0.3, 0.4) is 0 Å². The van der Waals surface area contributed by atoms with Crippen molar-refractivity contribution >= 4 is 21.8 Å². The highest BCUT2D eigenvalue weighted by Crippen LogP contribution is 2.24. The van der Waals surface area contributed by atoms with Crippen LogP contribution in [0.2, 0.25) is 0 Å². The van der Waals surface area contributed by atoms with Crippen molar-refractivity contribution in [3.8, 4) is 0 Å². The summed E-state index contributed by atoms with van der Waals surface area (Å²) in [5.41, 5.74) is 1.27. The second-order valence-corrected chi connectivity index (χ2v) is 5.68. The number of benzene rings is 1. The molecule has 0 saturated heterocycles. The van der Waals surface area contributed by atoms with Gasteiger partial charge in [-0.1, -0.05) is 59.1 Å². The molecule has 1 aliphatic rings. The van der Waals surface area contributed by atoms with Gasteiger partial charge in [0.2, 0.25) is 5.91 Å². The molecule has 1 unspecified atom stereocenters. The Hall–Kier alpha value is -0.830. The zero-order chi connectivity index (χ0) is 12.8. The molecule has 3 heteroatoms. The smallest absolute Gasteiger partial charge is 0.223 e. The van der Waals surface area contributed by atoms with E-state index in [0.717, 1.165) is 24.6 Å². The number of hydrogen-bond acceptors (Lipinski definition) is 1. The maximum atomic E-state index is 12.1. The Labute approximate surface area is 117 Å². The summed E-state index contributed by atoms with van der Waals surface area (Å²) < 4.78 is 0. The first-order chi connectivity index (χ1) is 8.79. The second kappa shape index (κ2) is 6.93. The maximum absolute atomic E-state index is 12.1. The Morgan fingerprint density at radius 1 is 1.28 bits per heavy atom. The van der Waals surface area contributed by atoms with Crippen LogP contribution in [0, 0.1) is 5.92 Å². The highest BCUT2D eigenvalue weighted by molar-refractivity contribution is 9.09. The lowest BCUT2D eigenvalue weighted by atomic mass is 10.0. The van der Waals surface area contributed by atoms with Crippen molar-refractivity contribution < 1.29 is 4.79 Å². The van der Waals surface area contributed by atoms with Crippen LogP contribution in [-0.2, 0) is 11.2 Å². The van der Waals surface area contributed by atoms with Gasteiger partial charge in [-0.25, -0.2) is 0 Å². The van der Waals surface area contributed by atoms with Crippen LogP contribution in [0.5, 0.6) is 0 Å². The molecule has 2 nitrogen and oxygen atoms in total. The Morgan fingerprint density at radius 2 is 1.94 bits per heavy atom. The number of hydrogen-bond donors (Lipinski definition) is 1. The summed E-state index contributed by atoms with van der Waals surface area (Å²) in [5, 5.41) is 3.98. The maximum Gasteiger partial charge on any atom is 0.223 e. The minimum Gasteiger partial charge on any atom is -0.352 e. The number of amides is 1. The quantitative estimate of drug-likeness (QED) is 0.831. The first kappa shape index (κ1) is 13.6. The molecule has 1 N–H and O–H groups in total. The fourth-order valence-electron chi connectivity index (χ4n) is 2.55. The van der Waals surface area contributed by atoms with E-state index in [1.54, 1.807) is 0 Å². The molecule has 0 bridgehead atoms. The van der Waals surface area contributed by atoms with Gasteiger partial charge in [0.1, 0.15) is 0 Å². The van der Waals surface area contributed by atoms with Gasteiger partial charge < -0.3 is 5.32 Å². The SMILES string of the molecule is O=C(NC(CBr)Cc1ccccc1)C1CCCC1. The molecule has 2 rings (SSSR count). The molecule has 1 saturated carbocycles. The van der Waals surface area contributed by atoms with Crippen LogP contribution in [0.4, 0.5) is 0 Å². The zero-order valence-corrected chi connectivity index (χ0v) is 12.2.